The fourth-order valence-electron chi connectivity index (χ4n) is 2.05. The zero-order valence-corrected chi connectivity index (χ0v) is 12.2. The topological polar surface area (TPSA) is 86.7 Å². The fraction of sp³-hybridized carbons (Fsp3) is 0.0667. The van der Waals surface area contributed by atoms with E-state index in [9.17, 15) is 4.79 Å². The van der Waals surface area contributed by atoms with Gasteiger partial charge in [0.15, 0.2) is 0 Å². The van der Waals surface area contributed by atoms with Crippen molar-refractivity contribution < 1.29 is 4.79 Å². The van der Waals surface area contributed by atoms with Crippen LogP contribution in [0.5, 0.6) is 0 Å². The minimum Gasteiger partial charge on any atom is -0.383 e. The molecule has 2 aromatic heterocycles. The fourth-order valence-corrected chi connectivity index (χ4v) is 2.26. The first-order valence-electron chi connectivity index (χ1n) is 6.51. The first kappa shape index (κ1) is 14.2. The number of halogens is 1. The van der Waals surface area contributed by atoms with Gasteiger partial charge in [-0.1, -0.05) is 23.7 Å². The SMILES string of the molecule is Nc1ncncc1C(=O)c1ccn(Cc2cccc(Cl)c2)n1. The predicted molar refractivity (Wildman–Crippen MR) is 82.7 cm³/mol. The summed E-state index contributed by atoms with van der Waals surface area (Å²) in [4.78, 5) is 20.0. The molecular weight excluding hydrogens is 302 g/mol. The molecule has 2 heterocycles. The van der Waals surface area contributed by atoms with Crippen LogP contribution >= 0.6 is 11.6 Å². The normalized spacial score (nSPS) is 10.6. The van der Waals surface area contributed by atoms with Crippen molar-refractivity contribution in [1.82, 2.24) is 19.7 Å². The lowest BCUT2D eigenvalue weighted by molar-refractivity contribution is 0.103. The second-order valence-electron chi connectivity index (χ2n) is 4.68. The van der Waals surface area contributed by atoms with Crippen molar-refractivity contribution in [3.63, 3.8) is 0 Å². The molecule has 0 saturated carbocycles. The van der Waals surface area contributed by atoms with Gasteiger partial charge in [0.25, 0.3) is 0 Å². The van der Waals surface area contributed by atoms with E-state index >= 15 is 0 Å². The van der Waals surface area contributed by atoms with Crippen LogP contribution in [0.3, 0.4) is 0 Å². The maximum absolute atomic E-state index is 12.3. The Morgan fingerprint density at radius 3 is 2.95 bits per heavy atom. The standard InChI is InChI=1S/C15H12ClN5O/c16-11-3-1-2-10(6-11)8-21-5-4-13(20-21)14(22)12-7-18-9-19-15(12)17/h1-7,9H,8H2,(H2,17,18,19). The van der Waals surface area contributed by atoms with Crippen LogP contribution in [0.1, 0.15) is 21.6 Å². The van der Waals surface area contributed by atoms with Gasteiger partial charge in [0.2, 0.25) is 5.78 Å². The van der Waals surface area contributed by atoms with Gasteiger partial charge in [-0.3, -0.25) is 9.48 Å². The lowest BCUT2D eigenvalue weighted by Gasteiger charge is -2.03. The lowest BCUT2D eigenvalue weighted by atomic mass is 10.1. The van der Waals surface area contributed by atoms with Gasteiger partial charge in [-0.2, -0.15) is 5.10 Å². The van der Waals surface area contributed by atoms with Crippen molar-refractivity contribution in [2.24, 2.45) is 0 Å². The van der Waals surface area contributed by atoms with Crippen molar-refractivity contribution in [1.29, 1.82) is 0 Å². The van der Waals surface area contributed by atoms with E-state index in [1.165, 1.54) is 12.5 Å². The van der Waals surface area contributed by atoms with Crippen molar-refractivity contribution in [3.8, 4) is 0 Å². The maximum atomic E-state index is 12.3. The molecule has 22 heavy (non-hydrogen) atoms. The van der Waals surface area contributed by atoms with E-state index in [2.05, 4.69) is 15.1 Å². The van der Waals surface area contributed by atoms with Crippen LogP contribution in [0.4, 0.5) is 5.82 Å². The molecular formula is C15H12ClN5O. The Kier molecular flexibility index (Phi) is 3.84. The van der Waals surface area contributed by atoms with Gasteiger partial charge in [-0.25, -0.2) is 9.97 Å². The van der Waals surface area contributed by atoms with Crippen LogP contribution in [-0.2, 0) is 6.54 Å². The summed E-state index contributed by atoms with van der Waals surface area (Å²) in [6.07, 6.45) is 4.42. The molecule has 0 bridgehead atoms. The molecule has 0 radical (unpaired) electrons. The quantitative estimate of drug-likeness (QED) is 0.746. The van der Waals surface area contributed by atoms with E-state index in [4.69, 9.17) is 17.3 Å². The summed E-state index contributed by atoms with van der Waals surface area (Å²) in [6.45, 7) is 0.522. The summed E-state index contributed by atoms with van der Waals surface area (Å²) >= 11 is 5.95. The summed E-state index contributed by atoms with van der Waals surface area (Å²) < 4.78 is 1.67. The summed E-state index contributed by atoms with van der Waals surface area (Å²) in [5.74, 6) is -0.160. The minimum atomic E-state index is -0.303. The minimum absolute atomic E-state index is 0.143. The van der Waals surface area contributed by atoms with E-state index in [1.54, 1.807) is 23.0 Å². The highest BCUT2D eigenvalue weighted by Gasteiger charge is 2.16. The van der Waals surface area contributed by atoms with Crippen LogP contribution in [-0.4, -0.2) is 25.5 Å². The third-order valence-corrected chi connectivity index (χ3v) is 3.33. The van der Waals surface area contributed by atoms with Crippen molar-refractivity contribution >= 4 is 23.2 Å². The van der Waals surface area contributed by atoms with Crippen molar-refractivity contribution in [2.45, 2.75) is 6.54 Å². The van der Waals surface area contributed by atoms with Crippen LogP contribution in [0, 0.1) is 0 Å². The number of nitrogen functional groups attached to an aromatic ring is 1. The number of nitrogens with two attached hydrogens (primary N) is 1. The first-order chi connectivity index (χ1) is 10.6. The van der Waals surface area contributed by atoms with E-state index in [0.717, 1.165) is 5.56 Å². The molecule has 1 aromatic carbocycles. The molecule has 3 rings (SSSR count). The Hall–Kier alpha value is -2.73. The highest BCUT2D eigenvalue weighted by molar-refractivity contribution is 6.30. The maximum Gasteiger partial charge on any atom is 0.218 e. The number of aromatic nitrogens is 4. The van der Waals surface area contributed by atoms with Gasteiger partial charge < -0.3 is 5.73 Å². The summed E-state index contributed by atoms with van der Waals surface area (Å²) in [5.41, 5.74) is 7.22. The van der Waals surface area contributed by atoms with Gasteiger partial charge in [0.05, 0.1) is 12.1 Å². The zero-order valence-electron chi connectivity index (χ0n) is 11.5. The van der Waals surface area contributed by atoms with E-state index in [1.807, 2.05) is 18.2 Å². The van der Waals surface area contributed by atoms with Crippen LogP contribution in [0.2, 0.25) is 5.02 Å². The van der Waals surface area contributed by atoms with Gasteiger partial charge in [-0.05, 0) is 23.8 Å². The summed E-state index contributed by atoms with van der Waals surface area (Å²) in [5, 5.41) is 4.93. The molecule has 0 aliphatic heterocycles. The molecule has 0 spiro atoms. The molecule has 7 heteroatoms. The largest absolute Gasteiger partial charge is 0.383 e. The van der Waals surface area contributed by atoms with E-state index < -0.39 is 0 Å². The van der Waals surface area contributed by atoms with Gasteiger partial charge in [0, 0.05) is 17.4 Å². The Bertz CT molecular complexity index is 830. The number of benzene rings is 1. The molecule has 0 fully saturated rings. The molecule has 0 unspecified atom stereocenters. The van der Waals surface area contributed by atoms with E-state index in [0.29, 0.717) is 17.3 Å². The number of rotatable bonds is 4. The third kappa shape index (κ3) is 2.96. The highest BCUT2D eigenvalue weighted by atomic mass is 35.5. The average Bonchev–Trinajstić information content (AvgIpc) is 2.95. The third-order valence-electron chi connectivity index (χ3n) is 3.09. The monoisotopic (exact) mass is 313 g/mol. The number of carbonyl (C=O) groups excluding carboxylic acids is 1. The smallest absolute Gasteiger partial charge is 0.218 e. The summed E-state index contributed by atoms with van der Waals surface area (Å²) in [7, 11) is 0. The van der Waals surface area contributed by atoms with Gasteiger partial charge in [-0.15, -0.1) is 0 Å². The Morgan fingerprint density at radius 2 is 2.18 bits per heavy atom. The predicted octanol–water partition coefficient (Wildman–Crippen LogP) is 2.19. The van der Waals surface area contributed by atoms with Crippen molar-refractivity contribution in [2.75, 3.05) is 5.73 Å². The molecule has 0 saturated heterocycles. The van der Waals surface area contributed by atoms with Gasteiger partial charge in [0.1, 0.15) is 17.8 Å². The van der Waals surface area contributed by atoms with Crippen molar-refractivity contribution in [3.05, 3.63) is 70.9 Å². The molecule has 110 valence electrons. The number of hydrogen-bond donors (Lipinski definition) is 1. The number of hydrogen-bond acceptors (Lipinski definition) is 5. The molecule has 6 nitrogen and oxygen atoms in total. The Balaban J connectivity index is 1.82. The average molecular weight is 314 g/mol. The van der Waals surface area contributed by atoms with Crippen LogP contribution < -0.4 is 5.73 Å². The first-order valence-corrected chi connectivity index (χ1v) is 6.89. The number of carbonyl (C=O) groups is 1. The zero-order chi connectivity index (χ0) is 15.5. The molecule has 0 aliphatic rings. The Morgan fingerprint density at radius 1 is 1.32 bits per heavy atom. The number of ketones is 1. The molecule has 2 N–H and O–H groups in total. The van der Waals surface area contributed by atoms with Crippen LogP contribution in [0.25, 0.3) is 0 Å². The molecule has 0 amide bonds. The number of anilines is 1. The van der Waals surface area contributed by atoms with E-state index in [-0.39, 0.29) is 17.2 Å². The number of nitrogens with zero attached hydrogens (tertiary/aromatic N) is 4. The van der Waals surface area contributed by atoms with Crippen LogP contribution in [0.15, 0.2) is 49.1 Å². The lowest BCUT2D eigenvalue weighted by Crippen LogP contribution is -2.09. The van der Waals surface area contributed by atoms with Gasteiger partial charge >= 0.3 is 0 Å². The highest BCUT2D eigenvalue weighted by Crippen LogP contribution is 2.14. The second-order valence-corrected chi connectivity index (χ2v) is 5.12. The second kappa shape index (κ2) is 5.95. The Labute approximate surface area is 131 Å². The molecule has 0 aliphatic carbocycles. The molecule has 3 aromatic rings. The summed E-state index contributed by atoms with van der Waals surface area (Å²) in [6, 6.07) is 9.11. The molecule has 0 atom stereocenters.